The van der Waals surface area contributed by atoms with Crippen molar-refractivity contribution in [3.8, 4) is 0 Å². The number of hydrogen-bond donors (Lipinski definition) is 0. The van der Waals surface area contributed by atoms with Crippen LogP contribution in [0.2, 0.25) is 0 Å². The molecule has 3 rings (SSSR count). The number of hydrogen-bond acceptors (Lipinski definition) is 2. The summed E-state index contributed by atoms with van der Waals surface area (Å²) in [4.78, 5) is 2.47. The third-order valence-electron chi connectivity index (χ3n) is 3.70. The average molecular weight is 241 g/mol. The van der Waals surface area contributed by atoms with E-state index in [1.54, 1.807) is 0 Å². The van der Waals surface area contributed by atoms with Crippen molar-refractivity contribution in [3.63, 3.8) is 0 Å². The fourth-order valence-electron chi connectivity index (χ4n) is 2.57. The third kappa shape index (κ3) is 2.40. The predicted molar refractivity (Wildman–Crippen MR) is 74.8 cm³/mol. The molecule has 2 aromatic carbocycles. The van der Waals surface area contributed by atoms with Crippen LogP contribution < -0.4 is 0 Å². The van der Waals surface area contributed by atoms with E-state index >= 15 is 0 Å². The minimum Gasteiger partial charge on any atom is -0.379 e. The van der Waals surface area contributed by atoms with Crippen LogP contribution in [0.4, 0.5) is 0 Å². The Hall–Kier alpha value is -1.38. The molecule has 1 aliphatic rings. The Bertz CT molecular complexity index is 544. The maximum absolute atomic E-state index is 5.40. The van der Waals surface area contributed by atoms with Gasteiger partial charge in [-0.05, 0) is 34.9 Å². The van der Waals surface area contributed by atoms with Gasteiger partial charge in [0.05, 0.1) is 13.2 Å². The molecule has 18 heavy (non-hydrogen) atoms. The van der Waals surface area contributed by atoms with Crippen LogP contribution in [0.3, 0.4) is 0 Å². The van der Waals surface area contributed by atoms with Crippen molar-refractivity contribution in [1.82, 2.24) is 4.90 Å². The lowest BCUT2D eigenvalue weighted by Gasteiger charge is -2.27. The molecule has 1 heterocycles. The highest BCUT2D eigenvalue weighted by atomic mass is 16.5. The summed E-state index contributed by atoms with van der Waals surface area (Å²) in [7, 11) is 0. The lowest BCUT2D eigenvalue weighted by atomic mass is 10.0. The Labute approximate surface area is 108 Å². The zero-order valence-electron chi connectivity index (χ0n) is 10.9. The summed E-state index contributed by atoms with van der Waals surface area (Å²) < 4.78 is 5.40. The molecule has 1 fully saturated rings. The van der Waals surface area contributed by atoms with Gasteiger partial charge >= 0.3 is 0 Å². The van der Waals surface area contributed by atoms with E-state index in [1.807, 2.05) is 0 Å². The van der Waals surface area contributed by atoms with Crippen LogP contribution in [0, 0.1) is 6.92 Å². The lowest BCUT2D eigenvalue weighted by Crippen LogP contribution is -2.35. The summed E-state index contributed by atoms with van der Waals surface area (Å²) in [6, 6.07) is 13.2. The highest BCUT2D eigenvalue weighted by Crippen LogP contribution is 2.21. The fraction of sp³-hybridized carbons (Fsp3) is 0.375. The minimum atomic E-state index is 0.868. The van der Waals surface area contributed by atoms with Gasteiger partial charge in [0.15, 0.2) is 0 Å². The van der Waals surface area contributed by atoms with Crippen LogP contribution in [0.25, 0.3) is 10.8 Å². The van der Waals surface area contributed by atoms with Crippen molar-refractivity contribution in [1.29, 1.82) is 0 Å². The molecule has 0 radical (unpaired) electrons. The van der Waals surface area contributed by atoms with E-state index in [1.165, 1.54) is 21.9 Å². The van der Waals surface area contributed by atoms with E-state index in [0.717, 1.165) is 32.8 Å². The molecule has 0 aliphatic carbocycles. The molecule has 94 valence electrons. The van der Waals surface area contributed by atoms with E-state index < -0.39 is 0 Å². The van der Waals surface area contributed by atoms with Gasteiger partial charge in [-0.25, -0.2) is 0 Å². The number of ether oxygens (including phenoxy) is 1. The van der Waals surface area contributed by atoms with Crippen molar-refractivity contribution >= 4 is 10.8 Å². The molecule has 0 N–H and O–H groups in total. The molecule has 0 spiro atoms. The summed E-state index contributed by atoms with van der Waals surface area (Å²) in [6.07, 6.45) is 0. The van der Waals surface area contributed by atoms with Crippen molar-refractivity contribution in [2.24, 2.45) is 0 Å². The van der Waals surface area contributed by atoms with Gasteiger partial charge in [-0.2, -0.15) is 0 Å². The van der Waals surface area contributed by atoms with E-state index in [2.05, 4.69) is 48.2 Å². The maximum Gasteiger partial charge on any atom is 0.0594 e. The van der Waals surface area contributed by atoms with Crippen LogP contribution in [-0.2, 0) is 11.3 Å². The second kappa shape index (κ2) is 5.09. The first-order chi connectivity index (χ1) is 8.83. The topological polar surface area (TPSA) is 12.5 Å². The zero-order valence-corrected chi connectivity index (χ0v) is 10.9. The SMILES string of the molecule is Cc1cc2ccccc2cc1CN1CCOCC1. The summed E-state index contributed by atoms with van der Waals surface area (Å²) in [6.45, 7) is 7.08. The van der Waals surface area contributed by atoms with Gasteiger partial charge < -0.3 is 4.74 Å². The molecule has 2 nitrogen and oxygen atoms in total. The number of benzene rings is 2. The summed E-state index contributed by atoms with van der Waals surface area (Å²) in [5.74, 6) is 0. The molecule has 1 aliphatic heterocycles. The maximum atomic E-state index is 5.40. The Balaban J connectivity index is 1.88. The van der Waals surface area contributed by atoms with Crippen molar-refractivity contribution < 1.29 is 4.74 Å². The Morgan fingerprint density at radius 1 is 1.06 bits per heavy atom. The van der Waals surface area contributed by atoms with Gasteiger partial charge in [0.25, 0.3) is 0 Å². The number of nitrogens with zero attached hydrogens (tertiary/aromatic N) is 1. The van der Waals surface area contributed by atoms with Gasteiger partial charge in [0.1, 0.15) is 0 Å². The second-order valence-electron chi connectivity index (χ2n) is 5.01. The largest absolute Gasteiger partial charge is 0.379 e. The minimum absolute atomic E-state index is 0.868. The molecular weight excluding hydrogens is 222 g/mol. The Morgan fingerprint density at radius 2 is 1.72 bits per heavy atom. The monoisotopic (exact) mass is 241 g/mol. The zero-order chi connectivity index (χ0) is 12.4. The van der Waals surface area contributed by atoms with Crippen LogP contribution in [0.5, 0.6) is 0 Å². The highest BCUT2D eigenvalue weighted by molar-refractivity contribution is 5.84. The van der Waals surface area contributed by atoms with Crippen LogP contribution in [-0.4, -0.2) is 31.2 Å². The molecule has 0 aromatic heterocycles. The van der Waals surface area contributed by atoms with Gasteiger partial charge in [0.2, 0.25) is 0 Å². The number of rotatable bonds is 2. The molecule has 1 saturated heterocycles. The van der Waals surface area contributed by atoms with Crippen molar-refractivity contribution in [2.45, 2.75) is 13.5 Å². The molecular formula is C16H19NO. The van der Waals surface area contributed by atoms with Crippen molar-refractivity contribution in [2.75, 3.05) is 26.3 Å². The van der Waals surface area contributed by atoms with Crippen LogP contribution in [0.15, 0.2) is 36.4 Å². The molecule has 2 heteroatoms. The quantitative estimate of drug-likeness (QED) is 0.801. The lowest BCUT2D eigenvalue weighted by molar-refractivity contribution is 0.0341. The predicted octanol–water partition coefficient (Wildman–Crippen LogP) is 2.98. The average Bonchev–Trinajstić information content (AvgIpc) is 2.41. The van der Waals surface area contributed by atoms with E-state index in [4.69, 9.17) is 4.74 Å². The first-order valence-electron chi connectivity index (χ1n) is 6.61. The first kappa shape index (κ1) is 11.7. The summed E-state index contributed by atoms with van der Waals surface area (Å²) in [5.41, 5.74) is 2.83. The Kier molecular flexibility index (Phi) is 3.31. The number of fused-ring (bicyclic) bond motifs is 1. The smallest absolute Gasteiger partial charge is 0.0594 e. The third-order valence-corrected chi connectivity index (χ3v) is 3.70. The summed E-state index contributed by atoms with van der Waals surface area (Å²) in [5, 5.41) is 2.67. The fourth-order valence-corrected chi connectivity index (χ4v) is 2.57. The molecule has 0 atom stereocenters. The first-order valence-corrected chi connectivity index (χ1v) is 6.61. The van der Waals surface area contributed by atoms with Gasteiger partial charge in [-0.15, -0.1) is 0 Å². The Morgan fingerprint density at radius 3 is 2.44 bits per heavy atom. The molecule has 0 bridgehead atoms. The standard InChI is InChI=1S/C16H19NO/c1-13-10-14-4-2-3-5-15(14)11-16(13)12-17-6-8-18-9-7-17/h2-5,10-11H,6-9,12H2,1H3. The van der Waals surface area contributed by atoms with Gasteiger partial charge in [0, 0.05) is 19.6 Å². The second-order valence-corrected chi connectivity index (χ2v) is 5.01. The number of aryl methyl sites for hydroxylation is 1. The molecule has 2 aromatic rings. The van der Waals surface area contributed by atoms with E-state index in [9.17, 15) is 0 Å². The molecule has 0 saturated carbocycles. The van der Waals surface area contributed by atoms with Gasteiger partial charge in [-0.3, -0.25) is 4.90 Å². The van der Waals surface area contributed by atoms with E-state index in [0.29, 0.717) is 0 Å². The van der Waals surface area contributed by atoms with Crippen LogP contribution >= 0.6 is 0 Å². The van der Waals surface area contributed by atoms with Crippen LogP contribution in [0.1, 0.15) is 11.1 Å². The normalized spacial score (nSPS) is 17.2. The van der Waals surface area contributed by atoms with Crippen molar-refractivity contribution in [3.05, 3.63) is 47.5 Å². The molecule has 0 unspecified atom stereocenters. The van der Waals surface area contributed by atoms with Gasteiger partial charge in [-0.1, -0.05) is 30.3 Å². The highest BCUT2D eigenvalue weighted by Gasteiger charge is 2.12. The molecule has 0 amide bonds. The number of morpholine rings is 1. The summed E-state index contributed by atoms with van der Waals surface area (Å²) >= 11 is 0. The van der Waals surface area contributed by atoms with E-state index in [-0.39, 0.29) is 0 Å².